The first-order chi connectivity index (χ1) is 10.7. The minimum Gasteiger partial charge on any atom is -0.456 e. The second-order valence-electron chi connectivity index (χ2n) is 6.60. The summed E-state index contributed by atoms with van der Waals surface area (Å²) in [4.78, 5) is 11.5. The lowest BCUT2D eigenvalue weighted by molar-refractivity contribution is -0.183. The Morgan fingerprint density at radius 2 is 1.96 bits per heavy atom. The summed E-state index contributed by atoms with van der Waals surface area (Å²) in [6, 6.07) is 9.81. The van der Waals surface area contributed by atoms with Gasteiger partial charge in [-0.2, -0.15) is 0 Å². The third kappa shape index (κ3) is 3.57. The molecule has 128 valence electrons. The number of aliphatic hydroxyl groups is 1. The molecular formula is C18H26O5. The molecule has 1 heterocycles. The predicted octanol–water partition coefficient (Wildman–Crippen LogP) is 2.45. The van der Waals surface area contributed by atoms with Crippen LogP contribution in [0, 0.1) is 0 Å². The van der Waals surface area contributed by atoms with E-state index in [-0.39, 0.29) is 6.10 Å². The highest BCUT2D eigenvalue weighted by Gasteiger charge is 2.62. The van der Waals surface area contributed by atoms with E-state index in [1.807, 2.05) is 44.2 Å². The largest absolute Gasteiger partial charge is 0.456 e. The van der Waals surface area contributed by atoms with Crippen LogP contribution in [0.2, 0.25) is 0 Å². The van der Waals surface area contributed by atoms with E-state index in [0.717, 1.165) is 5.56 Å². The van der Waals surface area contributed by atoms with Gasteiger partial charge in [0.2, 0.25) is 0 Å². The van der Waals surface area contributed by atoms with Crippen molar-refractivity contribution in [1.29, 1.82) is 0 Å². The summed E-state index contributed by atoms with van der Waals surface area (Å²) in [7, 11) is 0. The number of carbonyl (C=O) groups excluding carboxylic acids is 1. The zero-order valence-corrected chi connectivity index (χ0v) is 14.4. The van der Waals surface area contributed by atoms with E-state index in [0.29, 0.717) is 6.61 Å². The molecule has 1 N–H and O–H groups in total. The van der Waals surface area contributed by atoms with E-state index in [9.17, 15) is 9.90 Å². The average Bonchev–Trinajstić information content (AvgIpc) is 2.66. The van der Waals surface area contributed by atoms with Crippen LogP contribution in [-0.2, 0) is 25.6 Å². The van der Waals surface area contributed by atoms with Gasteiger partial charge in [0.15, 0.2) is 6.10 Å². The predicted molar refractivity (Wildman–Crippen MR) is 85.8 cm³/mol. The summed E-state index contributed by atoms with van der Waals surface area (Å²) in [5.74, 6) is -0.450. The summed E-state index contributed by atoms with van der Waals surface area (Å²) < 4.78 is 17.3. The molecule has 0 spiro atoms. The SMILES string of the molecule is CC(=O)O[C@@H]1[C@](C)(O)[C@@H](C)O[C@@]1(C)[C@@H](C)OCc1ccccc1. The fraction of sp³-hybridized carbons (Fsp3) is 0.611. The lowest BCUT2D eigenvalue weighted by Gasteiger charge is -2.37. The normalized spacial score (nSPS) is 35.0. The third-order valence-corrected chi connectivity index (χ3v) is 4.74. The Labute approximate surface area is 137 Å². The Bertz CT molecular complexity index is 542. The minimum absolute atomic E-state index is 0.372. The maximum Gasteiger partial charge on any atom is 0.303 e. The van der Waals surface area contributed by atoms with Crippen LogP contribution in [-0.4, -0.2) is 40.6 Å². The molecule has 0 radical (unpaired) electrons. The van der Waals surface area contributed by atoms with Crippen molar-refractivity contribution in [2.45, 2.75) is 70.7 Å². The second-order valence-corrected chi connectivity index (χ2v) is 6.60. The standard InChI is InChI=1S/C18H26O5/c1-12-17(4,20)16(22-14(3)19)18(5,23-12)13(2)21-11-15-9-7-6-8-10-15/h6-10,12-13,16,20H,11H2,1-5H3/t12-,13-,16-,17-,18+/m1/s1. The van der Waals surface area contributed by atoms with E-state index in [1.165, 1.54) is 6.92 Å². The first kappa shape index (κ1) is 17.9. The van der Waals surface area contributed by atoms with Gasteiger partial charge in [0.1, 0.15) is 11.2 Å². The van der Waals surface area contributed by atoms with E-state index in [4.69, 9.17) is 14.2 Å². The molecule has 0 aliphatic carbocycles. The number of rotatable bonds is 5. The van der Waals surface area contributed by atoms with Crippen molar-refractivity contribution in [3.8, 4) is 0 Å². The Morgan fingerprint density at radius 3 is 2.52 bits per heavy atom. The highest BCUT2D eigenvalue weighted by atomic mass is 16.6. The quantitative estimate of drug-likeness (QED) is 0.844. The van der Waals surface area contributed by atoms with Crippen molar-refractivity contribution in [1.82, 2.24) is 0 Å². The molecule has 0 unspecified atom stereocenters. The molecule has 0 amide bonds. The molecule has 0 saturated carbocycles. The van der Waals surface area contributed by atoms with Crippen molar-refractivity contribution >= 4 is 5.97 Å². The van der Waals surface area contributed by atoms with Gasteiger partial charge in [0, 0.05) is 6.92 Å². The Morgan fingerprint density at radius 1 is 1.35 bits per heavy atom. The average molecular weight is 322 g/mol. The summed E-state index contributed by atoms with van der Waals surface area (Å²) in [5, 5.41) is 10.7. The molecule has 1 aromatic rings. The Hall–Kier alpha value is -1.43. The van der Waals surface area contributed by atoms with Crippen LogP contribution in [0.3, 0.4) is 0 Å². The highest BCUT2D eigenvalue weighted by molar-refractivity contribution is 5.66. The fourth-order valence-corrected chi connectivity index (χ4v) is 3.03. The van der Waals surface area contributed by atoms with Crippen LogP contribution < -0.4 is 0 Å². The zero-order chi connectivity index (χ0) is 17.3. The lowest BCUT2D eigenvalue weighted by Crippen LogP contribution is -2.55. The van der Waals surface area contributed by atoms with E-state index < -0.39 is 29.4 Å². The van der Waals surface area contributed by atoms with Crippen LogP contribution >= 0.6 is 0 Å². The molecular weight excluding hydrogens is 296 g/mol. The number of hydrogen-bond acceptors (Lipinski definition) is 5. The van der Waals surface area contributed by atoms with Gasteiger partial charge < -0.3 is 19.3 Å². The van der Waals surface area contributed by atoms with Gasteiger partial charge >= 0.3 is 5.97 Å². The van der Waals surface area contributed by atoms with E-state index in [1.54, 1.807) is 13.8 Å². The summed E-state index contributed by atoms with van der Waals surface area (Å²) in [6.07, 6.45) is -1.64. The number of hydrogen-bond donors (Lipinski definition) is 1. The number of esters is 1. The van der Waals surface area contributed by atoms with E-state index >= 15 is 0 Å². The minimum atomic E-state index is -1.27. The van der Waals surface area contributed by atoms with Gasteiger partial charge in [0.25, 0.3) is 0 Å². The molecule has 23 heavy (non-hydrogen) atoms. The number of benzene rings is 1. The van der Waals surface area contributed by atoms with Crippen LogP contribution in [0.4, 0.5) is 0 Å². The maximum atomic E-state index is 11.5. The molecule has 0 aromatic heterocycles. The maximum absolute atomic E-state index is 11.5. The monoisotopic (exact) mass is 322 g/mol. The van der Waals surface area contributed by atoms with Crippen LogP contribution in [0.15, 0.2) is 30.3 Å². The van der Waals surface area contributed by atoms with Gasteiger partial charge in [-0.3, -0.25) is 4.79 Å². The molecule has 0 bridgehead atoms. The summed E-state index contributed by atoms with van der Waals surface area (Å²) >= 11 is 0. The summed E-state index contributed by atoms with van der Waals surface area (Å²) in [6.45, 7) is 8.83. The fourth-order valence-electron chi connectivity index (χ4n) is 3.03. The molecule has 1 aliphatic rings. The van der Waals surface area contributed by atoms with Crippen molar-refractivity contribution in [2.75, 3.05) is 0 Å². The van der Waals surface area contributed by atoms with Crippen molar-refractivity contribution in [3.05, 3.63) is 35.9 Å². The molecule has 5 heteroatoms. The van der Waals surface area contributed by atoms with Gasteiger partial charge in [-0.1, -0.05) is 30.3 Å². The highest BCUT2D eigenvalue weighted by Crippen LogP contribution is 2.43. The molecule has 5 nitrogen and oxygen atoms in total. The van der Waals surface area contributed by atoms with E-state index in [2.05, 4.69) is 0 Å². The molecule has 1 aliphatic heterocycles. The van der Waals surface area contributed by atoms with Crippen LogP contribution in [0.5, 0.6) is 0 Å². The van der Waals surface area contributed by atoms with Crippen molar-refractivity contribution in [2.24, 2.45) is 0 Å². The van der Waals surface area contributed by atoms with Crippen molar-refractivity contribution < 1.29 is 24.1 Å². The van der Waals surface area contributed by atoms with Crippen LogP contribution in [0.25, 0.3) is 0 Å². The Balaban J connectivity index is 2.15. The van der Waals surface area contributed by atoms with Gasteiger partial charge in [-0.05, 0) is 33.3 Å². The summed E-state index contributed by atoms with van der Waals surface area (Å²) in [5.41, 5.74) is -1.15. The molecule has 2 rings (SSSR count). The smallest absolute Gasteiger partial charge is 0.303 e. The second kappa shape index (κ2) is 6.59. The van der Waals surface area contributed by atoms with Gasteiger partial charge in [0.05, 0.1) is 18.8 Å². The van der Waals surface area contributed by atoms with Crippen LogP contribution in [0.1, 0.15) is 40.2 Å². The molecule has 1 aromatic carbocycles. The Kier molecular flexibility index (Phi) is 5.14. The lowest BCUT2D eigenvalue weighted by atomic mass is 9.84. The zero-order valence-electron chi connectivity index (χ0n) is 14.4. The van der Waals surface area contributed by atoms with Crippen molar-refractivity contribution in [3.63, 3.8) is 0 Å². The van der Waals surface area contributed by atoms with Gasteiger partial charge in [-0.15, -0.1) is 0 Å². The first-order valence-electron chi connectivity index (χ1n) is 7.91. The van der Waals surface area contributed by atoms with Gasteiger partial charge in [-0.25, -0.2) is 0 Å². The molecule has 1 saturated heterocycles. The first-order valence-corrected chi connectivity index (χ1v) is 7.91. The third-order valence-electron chi connectivity index (χ3n) is 4.74. The number of carbonyl (C=O) groups is 1. The molecule has 1 fully saturated rings. The molecule has 5 atom stereocenters. The topological polar surface area (TPSA) is 65.0 Å². The number of ether oxygens (including phenoxy) is 3.